The number of rotatable bonds is 3. The predicted octanol–water partition coefficient (Wildman–Crippen LogP) is 2.19. The summed E-state index contributed by atoms with van der Waals surface area (Å²) in [6.45, 7) is 1.26. The lowest BCUT2D eigenvalue weighted by atomic mass is 10.1. The third-order valence-electron chi connectivity index (χ3n) is 5.01. The Balaban J connectivity index is 1.65. The normalized spacial score (nSPS) is 34.0. The van der Waals surface area contributed by atoms with E-state index in [1.54, 1.807) is 0 Å². The van der Waals surface area contributed by atoms with Crippen molar-refractivity contribution in [2.45, 2.75) is 11.4 Å². The lowest BCUT2D eigenvalue weighted by molar-refractivity contribution is 0.0175. The fourth-order valence-electron chi connectivity index (χ4n) is 3.82. The second-order valence-electron chi connectivity index (χ2n) is 6.39. The molecular formula is C17H14ClN3O3S. The molecule has 0 amide bonds. The maximum atomic E-state index is 11.5. The molecule has 0 radical (unpaired) electrons. The second kappa shape index (κ2) is 4.75. The van der Waals surface area contributed by atoms with Crippen molar-refractivity contribution in [3.05, 3.63) is 71.8 Å². The summed E-state index contributed by atoms with van der Waals surface area (Å²) in [5.41, 5.74) is 0.910. The average molecular weight is 376 g/mol. The Morgan fingerprint density at radius 2 is 1.56 bits per heavy atom. The van der Waals surface area contributed by atoms with Gasteiger partial charge in [-0.15, -0.1) is 0 Å². The van der Waals surface area contributed by atoms with Crippen LogP contribution in [0, 0.1) is 0 Å². The molecule has 3 unspecified atom stereocenters. The number of hydrogen-bond acceptors (Lipinski definition) is 4. The number of halogens is 1. The van der Waals surface area contributed by atoms with Crippen LogP contribution in [-0.2, 0) is 25.4 Å². The van der Waals surface area contributed by atoms with Crippen LogP contribution in [0.25, 0.3) is 0 Å². The molecule has 8 heteroatoms. The molecule has 6 nitrogen and oxygen atoms in total. The Hall–Kier alpha value is -2.09. The van der Waals surface area contributed by atoms with Crippen molar-refractivity contribution in [2.24, 2.45) is 4.40 Å². The molecule has 3 atom stereocenters. The molecule has 3 aliphatic heterocycles. The average Bonchev–Trinajstić information content (AvgIpc) is 3.48. The van der Waals surface area contributed by atoms with Crippen molar-refractivity contribution >= 4 is 25.9 Å². The van der Waals surface area contributed by atoms with E-state index in [-0.39, 0.29) is 6.02 Å². The lowest BCUT2D eigenvalue weighted by Gasteiger charge is -2.32. The van der Waals surface area contributed by atoms with Crippen molar-refractivity contribution in [3.8, 4) is 0 Å². The Labute approximate surface area is 149 Å². The molecule has 2 aromatic carbocycles. The molecule has 5 rings (SSSR count). The van der Waals surface area contributed by atoms with Crippen molar-refractivity contribution < 1.29 is 13.2 Å². The summed E-state index contributed by atoms with van der Waals surface area (Å²) in [5.74, 6) is 0. The highest BCUT2D eigenvalue weighted by Crippen LogP contribution is 2.63. The van der Waals surface area contributed by atoms with E-state index in [0.717, 1.165) is 11.1 Å². The van der Waals surface area contributed by atoms with Crippen LogP contribution >= 0.6 is 10.7 Å². The highest BCUT2D eigenvalue weighted by molar-refractivity contribution is 8.12. The van der Waals surface area contributed by atoms with Gasteiger partial charge in [0.1, 0.15) is 5.66 Å². The van der Waals surface area contributed by atoms with E-state index in [1.807, 2.05) is 65.6 Å². The first-order valence-corrected chi connectivity index (χ1v) is 10.1. The van der Waals surface area contributed by atoms with Crippen LogP contribution in [0.4, 0.5) is 0 Å². The number of hydrogen-bond donors (Lipinski definition) is 0. The molecule has 128 valence electrons. The summed E-state index contributed by atoms with van der Waals surface area (Å²) in [6.07, 6.45) is 0. The number of benzene rings is 2. The summed E-state index contributed by atoms with van der Waals surface area (Å²) in [7, 11) is 1.28. The van der Waals surface area contributed by atoms with Crippen LogP contribution in [0.3, 0.4) is 0 Å². The second-order valence-corrected chi connectivity index (χ2v) is 8.57. The van der Waals surface area contributed by atoms with E-state index in [4.69, 9.17) is 15.4 Å². The van der Waals surface area contributed by atoms with E-state index >= 15 is 0 Å². The van der Waals surface area contributed by atoms with Gasteiger partial charge in [-0.25, -0.2) is 4.90 Å². The van der Waals surface area contributed by atoms with E-state index < -0.39 is 20.6 Å². The molecular weight excluding hydrogens is 362 g/mol. The first kappa shape index (κ1) is 15.2. The van der Waals surface area contributed by atoms with Crippen molar-refractivity contribution in [1.29, 1.82) is 0 Å². The minimum atomic E-state index is -4.08. The highest BCUT2D eigenvalue weighted by atomic mass is 35.7. The molecule has 3 fully saturated rings. The van der Waals surface area contributed by atoms with Gasteiger partial charge in [-0.1, -0.05) is 65.1 Å². The maximum Gasteiger partial charge on any atom is 0.344 e. The monoisotopic (exact) mass is 375 g/mol. The van der Waals surface area contributed by atoms with Gasteiger partial charge >= 0.3 is 15.3 Å². The molecule has 0 bridgehead atoms. The summed E-state index contributed by atoms with van der Waals surface area (Å²) >= 11 is 0. The minimum Gasteiger partial charge on any atom is -0.436 e. The molecule has 0 spiro atoms. The summed E-state index contributed by atoms with van der Waals surface area (Å²) in [5, 5.41) is 0. The van der Waals surface area contributed by atoms with Crippen LogP contribution < -0.4 is 0 Å². The van der Waals surface area contributed by atoms with Crippen LogP contribution in [0.5, 0.6) is 0 Å². The van der Waals surface area contributed by atoms with Gasteiger partial charge in [0.2, 0.25) is 5.72 Å². The molecule has 3 aliphatic rings. The van der Waals surface area contributed by atoms with Gasteiger partial charge in [0, 0.05) is 16.2 Å². The van der Waals surface area contributed by atoms with E-state index in [9.17, 15) is 8.42 Å². The van der Waals surface area contributed by atoms with Gasteiger partial charge in [0.05, 0.1) is 13.1 Å². The quantitative estimate of drug-likeness (QED) is 0.608. The first-order chi connectivity index (χ1) is 12.0. The Kier molecular flexibility index (Phi) is 2.89. The highest BCUT2D eigenvalue weighted by Gasteiger charge is 2.78. The third-order valence-corrected chi connectivity index (χ3v) is 5.59. The maximum absolute atomic E-state index is 11.5. The molecule has 0 saturated carbocycles. The zero-order chi connectivity index (χ0) is 17.3. The minimum absolute atomic E-state index is 0.0523. The topological polar surface area (TPSA) is 61.8 Å². The van der Waals surface area contributed by atoms with Gasteiger partial charge in [0.25, 0.3) is 0 Å². The molecule has 0 aromatic heterocycles. The Morgan fingerprint density at radius 3 is 2.16 bits per heavy atom. The van der Waals surface area contributed by atoms with Crippen LogP contribution in [-0.4, -0.2) is 37.3 Å². The van der Waals surface area contributed by atoms with E-state index in [1.165, 1.54) is 0 Å². The van der Waals surface area contributed by atoms with Gasteiger partial charge < -0.3 is 4.74 Å². The van der Waals surface area contributed by atoms with Gasteiger partial charge in [-0.05, 0) is 5.56 Å². The molecule has 3 saturated heterocycles. The zero-order valence-corrected chi connectivity index (χ0v) is 14.6. The molecule has 0 N–H and O–H groups in total. The van der Waals surface area contributed by atoms with Crippen LogP contribution in [0.15, 0.2) is 65.1 Å². The number of amidine groups is 1. The molecule has 25 heavy (non-hydrogen) atoms. The number of nitrogens with zero attached hydrogens (tertiary/aromatic N) is 3. The smallest absolute Gasteiger partial charge is 0.344 e. The van der Waals surface area contributed by atoms with Crippen molar-refractivity contribution in [2.75, 3.05) is 13.1 Å². The molecule has 2 aromatic rings. The Bertz CT molecular complexity index is 983. The van der Waals surface area contributed by atoms with E-state index in [2.05, 4.69) is 9.30 Å². The fraction of sp³-hybridized carbons (Fsp3) is 0.235. The molecule has 3 heterocycles. The van der Waals surface area contributed by atoms with Crippen LogP contribution in [0.2, 0.25) is 0 Å². The number of ether oxygens (including phenoxy) is 1. The van der Waals surface area contributed by atoms with Gasteiger partial charge in [-0.3, -0.25) is 4.90 Å². The summed E-state index contributed by atoms with van der Waals surface area (Å²) < 4.78 is 32.7. The standard InChI is InChI=1S/C17H14ClN3O3S/c18-25(22,23)19-15-20-11-16(20,13-7-3-1-4-8-13)21-12-17(21,24-15)14-9-5-2-6-10-14/h1-10H,11-12H2/b19-15+. The Morgan fingerprint density at radius 1 is 0.960 bits per heavy atom. The van der Waals surface area contributed by atoms with Gasteiger partial charge in [0.15, 0.2) is 0 Å². The van der Waals surface area contributed by atoms with Crippen molar-refractivity contribution in [3.63, 3.8) is 0 Å². The SMILES string of the molecule is O=S(=O)(Cl)/N=C1/OC2(c3ccccc3)CN2C2(c3ccccc3)CN12. The number of fused-ring (bicyclic) bond motifs is 3. The third kappa shape index (κ3) is 2.13. The molecule has 0 aliphatic carbocycles. The predicted molar refractivity (Wildman–Crippen MR) is 92.9 cm³/mol. The largest absolute Gasteiger partial charge is 0.436 e. The fourth-order valence-corrected chi connectivity index (χ4v) is 4.32. The summed E-state index contributed by atoms with van der Waals surface area (Å²) in [6, 6.07) is 19.8. The van der Waals surface area contributed by atoms with E-state index in [0.29, 0.717) is 13.1 Å². The van der Waals surface area contributed by atoms with Crippen LogP contribution in [0.1, 0.15) is 11.1 Å². The zero-order valence-electron chi connectivity index (χ0n) is 13.0. The van der Waals surface area contributed by atoms with Crippen molar-refractivity contribution in [1.82, 2.24) is 9.80 Å². The first-order valence-electron chi connectivity index (χ1n) is 7.86. The van der Waals surface area contributed by atoms with Gasteiger partial charge in [-0.2, -0.15) is 8.42 Å². The summed E-state index contributed by atoms with van der Waals surface area (Å²) in [4.78, 5) is 4.06. The lowest BCUT2D eigenvalue weighted by Crippen LogP contribution is -2.42.